The van der Waals surface area contributed by atoms with Gasteiger partial charge in [-0.25, -0.2) is 0 Å². The van der Waals surface area contributed by atoms with Gasteiger partial charge in [-0.15, -0.1) is 0 Å². The number of carbonyl (C=O) groups excluding carboxylic acids is 1. The standard InChI is InChI=1S/C15H17NO/c1-13-9-11-16(12-10-13)15(17)8-7-14-5-3-2-4-6-14/h2-6,13H,9-12H2,1H3. The van der Waals surface area contributed by atoms with Crippen molar-refractivity contribution < 1.29 is 4.79 Å². The number of rotatable bonds is 0. The highest BCUT2D eigenvalue weighted by molar-refractivity contribution is 5.94. The fourth-order valence-electron chi connectivity index (χ4n) is 1.94. The highest BCUT2D eigenvalue weighted by Crippen LogP contribution is 2.15. The summed E-state index contributed by atoms with van der Waals surface area (Å²) >= 11 is 0. The SMILES string of the molecule is CC1CCN(C(=O)C#Cc2ccccc2)CC1. The number of benzene rings is 1. The lowest BCUT2D eigenvalue weighted by Crippen LogP contribution is -2.37. The minimum absolute atomic E-state index is 0.0410. The van der Waals surface area contributed by atoms with E-state index in [9.17, 15) is 4.79 Å². The van der Waals surface area contributed by atoms with Crippen LogP contribution in [0.4, 0.5) is 0 Å². The summed E-state index contributed by atoms with van der Waals surface area (Å²) in [6.45, 7) is 3.93. The van der Waals surface area contributed by atoms with Crippen molar-refractivity contribution in [3.05, 3.63) is 35.9 Å². The molecule has 88 valence electrons. The molecule has 0 aliphatic carbocycles. The first-order chi connectivity index (χ1) is 8.25. The first-order valence-corrected chi connectivity index (χ1v) is 6.11. The maximum Gasteiger partial charge on any atom is 0.298 e. The number of nitrogens with zero attached hydrogens (tertiary/aromatic N) is 1. The number of carbonyl (C=O) groups is 1. The normalized spacial score (nSPS) is 16.2. The van der Waals surface area contributed by atoms with Gasteiger partial charge in [0.05, 0.1) is 0 Å². The van der Waals surface area contributed by atoms with Gasteiger partial charge in [0, 0.05) is 24.6 Å². The van der Waals surface area contributed by atoms with Crippen LogP contribution in [-0.4, -0.2) is 23.9 Å². The van der Waals surface area contributed by atoms with E-state index < -0.39 is 0 Å². The van der Waals surface area contributed by atoms with E-state index in [4.69, 9.17) is 0 Å². The molecule has 0 radical (unpaired) electrons. The number of hydrogen-bond donors (Lipinski definition) is 0. The first kappa shape index (κ1) is 11.7. The number of likely N-dealkylation sites (tertiary alicyclic amines) is 1. The van der Waals surface area contributed by atoms with Gasteiger partial charge in [-0.1, -0.05) is 31.0 Å². The van der Waals surface area contributed by atoms with Gasteiger partial charge in [0.15, 0.2) is 0 Å². The van der Waals surface area contributed by atoms with Crippen molar-refractivity contribution in [3.63, 3.8) is 0 Å². The van der Waals surface area contributed by atoms with Crippen LogP contribution in [0.3, 0.4) is 0 Å². The number of piperidine rings is 1. The van der Waals surface area contributed by atoms with Crippen LogP contribution in [0.5, 0.6) is 0 Å². The minimum atomic E-state index is -0.0410. The smallest absolute Gasteiger partial charge is 0.298 e. The molecule has 1 heterocycles. The quantitative estimate of drug-likeness (QED) is 0.623. The molecule has 0 saturated carbocycles. The van der Waals surface area contributed by atoms with Crippen LogP contribution >= 0.6 is 0 Å². The Kier molecular flexibility index (Phi) is 3.82. The predicted octanol–water partition coefficient (Wildman–Crippen LogP) is 2.30. The second-order valence-corrected chi connectivity index (χ2v) is 4.59. The van der Waals surface area contributed by atoms with Crippen LogP contribution in [0.25, 0.3) is 0 Å². The van der Waals surface area contributed by atoms with Crippen molar-refractivity contribution in [1.82, 2.24) is 4.90 Å². The molecule has 1 aliphatic heterocycles. The van der Waals surface area contributed by atoms with Crippen molar-refractivity contribution in [3.8, 4) is 11.8 Å². The van der Waals surface area contributed by atoms with Crippen molar-refractivity contribution in [2.75, 3.05) is 13.1 Å². The zero-order chi connectivity index (χ0) is 12.1. The Morgan fingerprint density at radius 1 is 1.24 bits per heavy atom. The molecule has 2 nitrogen and oxygen atoms in total. The lowest BCUT2D eigenvalue weighted by molar-refractivity contribution is -0.126. The Hall–Kier alpha value is -1.75. The molecular formula is C15H17NO. The van der Waals surface area contributed by atoms with E-state index in [-0.39, 0.29) is 5.91 Å². The molecule has 0 N–H and O–H groups in total. The lowest BCUT2D eigenvalue weighted by atomic mass is 9.99. The average Bonchev–Trinajstić information content (AvgIpc) is 2.38. The summed E-state index contributed by atoms with van der Waals surface area (Å²) < 4.78 is 0. The molecule has 1 aliphatic rings. The van der Waals surface area contributed by atoms with Crippen molar-refractivity contribution >= 4 is 5.91 Å². The third-order valence-corrected chi connectivity index (χ3v) is 3.16. The molecule has 2 rings (SSSR count). The summed E-state index contributed by atoms with van der Waals surface area (Å²) in [6.07, 6.45) is 2.19. The molecule has 1 saturated heterocycles. The van der Waals surface area contributed by atoms with Gasteiger partial charge in [0.2, 0.25) is 0 Å². The maximum atomic E-state index is 11.8. The Morgan fingerprint density at radius 2 is 1.88 bits per heavy atom. The Labute approximate surface area is 103 Å². The molecule has 2 heteroatoms. The second-order valence-electron chi connectivity index (χ2n) is 4.59. The number of hydrogen-bond acceptors (Lipinski definition) is 1. The van der Waals surface area contributed by atoms with Gasteiger partial charge in [-0.3, -0.25) is 4.79 Å². The molecule has 1 fully saturated rings. The number of amides is 1. The summed E-state index contributed by atoms with van der Waals surface area (Å²) in [7, 11) is 0. The predicted molar refractivity (Wildman–Crippen MR) is 68.3 cm³/mol. The van der Waals surface area contributed by atoms with E-state index in [0.717, 1.165) is 37.4 Å². The average molecular weight is 227 g/mol. The van der Waals surface area contributed by atoms with Crippen LogP contribution in [0, 0.1) is 17.8 Å². The van der Waals surface area contributed by atoms with Crippen LogP contribution in [-0.2, 0) is 4.79 Å². The fraction of sp³-hybridized carbons (Fsp3) is 0.400. The Morgan fingerprint density at radius 3 is 2.53 bits per heavy atom. The summed E-state index contributed by atoms with van der Waals surface area (Å²) in [5, 5.41) is 0. The molecule has 1 amide bonds. The first-order valence-electron chi connectivity index (χ1n) is 6.11. The Balaban J connectivity index is 1.96. The van der Waals surface area contributed by atoms with E-state index in [1.165, 1.54) is 0 Å². The summed E-state index contributed by atoms with van der Waals surface area (Å²) in [5.41, 5.74) is 0.895. The van der Waals surface area contributed by atoms with Gasteiger partial charge < -0.3 is 4.90 Å². The topological polar surface area (TPSA) is 20.3 Å². The summed E-state index contributed by atoms with van der Waals surface area (Å²) in [6, 6.07) is 9.63. The van der Waals surface area contributed by atoms with Crippen LogP contribution in [0.1, 0.15) is 25.3 Å². The molecule has 1 aromatic carbocycles. The highest BCUT2D eigenvalue weighted by atomic mass is 16.2. The second kappa shape index (κ2) is 5.54. The van der Waals surface area contributed by atoms with E-state index in [2.05, 4.69) is 18.8 Å². The Bertz CT molecular complexity index is 433. The zero-order valence-electron chi connectivity index (χ0n) is 10.1. The van der Waals surface area contributed by atoms with Crippen molar-refractivity contribution in [2.45, 2.75) is 19.8 Å². The van der Waals surface area contributed by atoms with Crippen molar-refractivity contribution in [2.24, 2.45) is 5.92 Å². The van der Waals surface area contributed by atoms with Gasteiger partial charge in [-0.2, -0.15) is 0 Å². The molecule has 0 aromatic heterocycles. The third kappa shape index (κ3) is 3.35. The van der Waals surface area contributed by atoms with E-state index in [1.54, 1.807) is 0 Å². The fourth-order valence-corrected chi connectivity index (χ4v) is 1.94. The summed E-state index contributed by atoms with van der Waals surface area (Å²) in [4.78, 5) is 13.7. The molecule has 17 heavy (non-hydrogen) atoms. The summed E-state index contributed by atoms with van der Waals surface area (Å²) in [5.74, 6) is 6.33. The molecular weight excluding hydrogens is 210 g/mol. The monoisotopic (exact) mass is 227 g/mol. The van der Waals surface area contributed by atoms with Gasteiger partial charge in [0.1, 0.15) is 0 Å². The van der Waals surface area contributed by atoms with Crippen LogP contribution in [0.2, 0.25) is 0 Å². The largest absolute Gasteiger partial charge is 0.332 e. The molecule has 0 spiro atoms. The van der Waals surface area contributed by atoms with Gasteiger partial charge in [0.25, 0.3) is 5.91 Å². The minimum Gasteiger partial charge on any atom is -0.332 e. The highest BCUT2D eigenvalue weighted by Gasteiger charge is 2.18. The van der Waals surface area contributed by atoms with Gasteiger partial charge in [-0.05, 0) is 30.9 Å². The molecule has 0 bridgehead atoms. The molecule has 0 atom stereocenters. The van der Waals surface area contributed by atoms with E-state index in [1.807, 2.05) is 35.2 Å². The van der Waals surface area contributed by atoms with Gasteiger partial charge >= 0.3 is 0 Å². The zero-order valence-corrected chi connectivity index (χ0v) is 10.1. The maximum absolute atomic E-state index is 11.8. The molecule has 0 unspecified atom stereocenters. The molecule has 1 aromatic rings. The van der Waals surface area contributed by atoms with Crippen molar-refractivity contribution in [1.29, 1.82) is 0 Å². The van der Waals surface area contributed by atoms with Crippen LogP contribution in [0.15, 0.2) is 30.3 Å². The van der Waals surface area contributed by atoms with E-state index in [0.29, 0.717) is 0 Å². The third-order valence-electron chi connectivity index (χ3n) is 3.16. The van der Waals surface area contributed by atoms with E-state index >= 15 is 0 Å². The lowest BCUT2D eigenvalue weighted by Gasteiger charge is -2.28. The van der Waals surface area contributed by atoms with Crippen LogP contribution < -0.4 is 0 Å².